The third-order valence-electron chi connectivity index (χ3n) is 2.19. The Kier molecular flexibility index (Phi) is 2.32. The molecule has 0 saturated carbocycles. The number of fused-ring (bicyclic) bond motifs is 1. The van der Waals surface area contributed by atoms with Crippen molar-refractivity contribution in [3.63, 3.8) is 0 Å². The molecule has 1 nitrogen and oxygen atoms in total. The topological polar surface area (TPSA) is 12.9 Å². The van der Waals surface area contributed by atoms with Crippen LogP contribution in [-0.4, -0.2) is 4.98 Å². The van der Waals surface area contributed by atoms with E-state index >= 15 is 0 Å². The first-order valence-electron chi connectivity index (χ1n) is 4.33. The number of rotatable bonds is 1. The minimum atomic E-state index is 1.03. The summed E-state index contributed by atoms with van der Waals surface area (Å²) >= 11 is 3.48. The fourth-order valence-corrected chi connectivity index (χ4v) is 1.84. The molecule has 0 N–H and O–H groups in total. The van der Waals surface area contributed by atoms with Crippen molar-refractivity contribution in [2.45, 2.75) is 13.3 Å². The van der Waals surface area contributed by atoms with Gasteiger partial charge in [0.2, 0.25) is 0 Å². The van der Waals surface area contributed by atoms with E-state index in [1.165, 1.54) is 16.3 Å². The minimum Gasteiger partial charge on any atom is -0.264 e. The van der Waals surface area contributed by atoms with Crippen molar-refractivity contribution in [1.82, 2.24) is 4.98 Å². The second-order valence-corrected chi connectivity index (χ2v) is 3.93. The van der Waals surface area contributed by atoms with E-state index in [0.717, 1.165) is 10.9 Å². The summed E-state index contributed by atoms with van der Waals surface area (Å²) in [4.78, 5) is 4.20. The lowest BCUT2D eigenvalue weighted by molar-refractivity contribution is 1.13. The van der Waals surface area contributed by atoms with Gasteiger partial charge in [0.25, 0.3) is 0 Å². The molecular weight excluding hydrogens is 226 g/mol. The van der Waals surface area contributed by atoms with Crippen molar-refractivity contribution >= 4 is 26.7 Å². The summed E-state index contributed by atoms with van der Waals surface area (Å²) in [5.74, 6) is 0. The number of benzene rings is 1. The average Bonchev–Trinajstić information content (AvgIpc) is 2.17. The van der Waals surface area contributed by atoms with Crippen LogP contribution in [0.2, 0.25) is 0 Å². The Morgan fingerprint density at radius 1 is 1.31 bits per heavy atom. The molecule has 1 aromatic heterocycles. The highest BCUT2D eigenvalue weighted by Gasteiger charge is 1.99. The Morgan fingerprint density at radius 3 is 2.92 bits per heavy atom. The van der Waals surface area contributed by atoms with E-state index in [9.17, 15) is 0 Å². The van der Waals surface area contributed by atoms with Gasteiger partial charge < -0.3 is 0 Å². The van der Waals surface area contributed by atoms with Crippen LogP contribution in [0.1, 0.15) is 12.5 Å². The molecule has 0 aliphatic rings. The van der Waals surface area contributed by atoms with Crippen molar-refractivity contribution in [1.29, 1.82) is 0 Å². The Labute approximate surface area is 85.9 Å². The van der Waals surface area contributed by atoms with Crippen LogP contribution in [0, 0.1) is 0 Å². The molecular formula is C11H10BrN. The van der Waals surface area contributed by atoms with Gasteiger partial charge in [-0.2, -0.15) is 0 Å². The summed E-state index contributed by atoms with van der Waals surface area (Å²) in [5.41, 5.74) is 1.30. The van der Waals surface area contributed by atoms with Crippen LogP contribution in [-0.2, 0) is 6.42 Å². The van der Waals surface area contributed by atoms with Gasteiger partial charge >= 0.3 is 0 Å². The van der Waals surface area contributed by atoms with Gasteiger partial charge in [0, 0.05) is 22.3 Å². The standard InChI is InChI=1S/C11H10BrN/c1-2-8-6-13-7-9-3-4-10(12)5-11(8)9/h3-7H,2H2,1H3. The maximum Gasteiger partial charge on any atom is 0.0346 e. The minimum absolute atomic E-state index is 1.03. The first-order valence-corrected chi connectivity index (χ1v) is 5.12. The highest BCUT2D eigenvalue weighted by molar-refractivity contribution is 9.10. The van der Waals surface area contributed by atoms with Gasteiger partial charge in [-0.15, -0.1) is 0 Å². The van der Waals surface area contributed by atoms with E-state index in [2.05, 4.69) is 40.0 Å². The SMILES string of the molecule is CCc1cncc2ccc(Br)cc12. The largest absolute Gasteiger partial charge is 0.264 e. The molecule has 2 aromatic rings. The lowest BCUT2D eigenvalue weighted by Gasteiger charge is -2.03. The van der Waals surface area contributed by atoms with Gasteiger partial charge in [-0.1, -0.05) is 28.9 Å². The highest BCUT2D eigenvalue weighted by Crippen LogP contribution is 2.22. The quantitative estimate of drug-likeness (QED) is 0.737. The number of nitrogens with zero attached hydrogens (tertiary/aromatic N) is 1. The van der Waals surface area contributed by atoms with Crippen LogP contribution in [0.4, 0.5) is 0 Å². The fraction of sp³-hybridized carbons (Fsp3) is 0.182. The van der Waals surface area contributed by atoms with E-state index < -0.39 is 0 Å². The zero-order chi connectivity index (χ0) is 9.26. The number of aryl methyl sites for hydroxylation is 1. The molecule has 0 atom stereocenters. The molecule has 0 saturated heterocycles. The molecule has 2 rings (SSSR count). The number of hydrogen-bond donors (Lipinski definition) is 0. The van der Waals surface area contributed by atoms with Crippen molar-refractivity contribution in [2.24, 2.45) is 0 Å². The van der Waals surface area contributed by atoms with Crippen molar-refractivity contribution in [3.8, 4) is 0 Å². The van der Waals surface area contributed by atoms with Crippen LogP contribution in [0.15, 0.2) is 35.1 Å². The molecule has 1 aromatic carbocycles. The molecule has 0 amide bonds. The Hall–Kier alpha value is -0.890. The van der Waals surface area contributed by atoms with Crippen molar-refractivity contribution in [2.75, 3.05) is 0 Å². The lowest BCUT2D eigenvalue weighted by Crippen LogP contribution is -1.85. The van der Waals surface area contributed by atoms with Gasteiger partial charge in [-0.25, -0.2) is 0 Å². The van der Waals surface area contributed by atoms with E-state index in [-0.39, 0.29) is 0 Å². The predicted molar refractivity (Wildman–Crippen MR) is 58.8 cm³/mol. The van der Waals surface area contributed by atoms with Crippen LogP contribution in [0.3, 0.4) is 0 Å². The number of hydrogen-bond acceptors (Lipinski definition) is 1. The molecule has 0 unspecified atom stereocenters. The molecule has 66 valence electrons. The second-order valence-electron chi connectivity index (χ2n) is 3.02. The maximum absolute atomic E-state index is 4.20. The Morgan fingerprint density at radius 2 is 2.15 bits per heavy atom. The zero-order valence-corrected chi connectivity index (χ0v) is 9.01. The summed E-state index contributed by atoms with van der Waals surface area (Å²) in [6.07, 6.45) is 4.87. The summed E-state index contributed by atoms with van der Waals surface area (Å²) in [5, 5.41) is 2.51. The second kappa shape index (κ2) is 3.46. The number of halogens is 1. The Bertz CT molecular complexity index is 437. The van der Waals surface area contributed by atoms with E-state index in [4.69, 9.17) is 0 Å². The monoisotopic (exact) mass is 235 g/mol. The van der Waals surface area contributed by atoms with Crippen molar-refractivity contribution in [3.05, 3.63) is 40.6 Å². The van der Waals surface area contributed by atoms with E-state index in [1.807, 2.05) is 18.5 Å². The third kappa shape index (κ3) is 1.59. The van der Waals surface area contributed by atoms with Crippen LogP contribution in [0.25, 0.3) is 10.8 Å². The highest BCUT2D eigenvalue weighted by atomic mass is 79.9. The third-order valence-corrected chi connectivity index (χ3v) is 2.68. The van der Waals surface area contributed by atoms with Gasteiger partial charge in [-0.3, -0.25) is 4.98 Å². The Balaban J connectivity index is 2.79. The summed E-state index contributed by atoms with van der Waals surface area (Å²) in [6, 6.07) is 6.28. The molecule has 1 heterocycles. The zero-order valence-electron chi connectivity index (χ0n) is 7.42. The molecule has 0 aliphatic heterocycles. The van der Waals surface area contributed by atoms with E-state index in [1.54, 1.807) is 0 Å². The average molecular weight is 236 g/mol. The van der Waals surface area contributed by atoms with Gasteiger partial charge in [0.05, 0.1) is 0 Å². The molecule has 13 heavy (non-hydrogen) atoms. The van der Waals surface area contributed by atoms with Gasteiger partial charge in [0.15, 0.2) is 0 Å². The number of aromatic nitrogens is 1. The molecule has 0 fully saturated rings. The van der Waals surface area contributed by atoms with E-state index in [0.29, 0.717) is 0 Å². The maximum atomic E-state index is 4.20. The summed E-state index contributed by atoms with van der Waals surface area (Å²) in [7, 11) is 0. The predicted octanol–water partition coefficient (Wildman–Crippen LogP) is 3.56. The first kappa shape index (κ1) is 8.70. The fourth-order valence-electron chi connectivity index (χ4n) is 1.48. The summed E-state index contributed by atoms with van der Waals surface area (Å²) in [6.45, 7) is 2.15. The van der Waals surface area contributed by atoms with Crippen LogP contribution in [0.5, 0.6) is 0 Å². The van der Waals surface area contributed by atoms with Crippen molar-refractivity contribution < 1.29 is 0 Å². The molecule has 0 aliphatic carbocycles. The lowest BCUT2D eigenvalue weighted by atomic mass is 10.1. The van der Waals surface area contributed by atoms with Gasteiger partial charge in [-0.05, 0) is 29.5 Å². The van der Waals surface area contributed by atoms with Gasteiger partial charge in [0.1, 0.15) is 0 Å². The first-order chi connectivity index (χ1) is 6.31. The van der Waals surface area contributed by atoms with Crippen LogP contribution >= 0.6 is 15.9 Å². The molecule has 0 spiro atoms. The summed E-state index contributed by atoms with van der Waals surface area (Å²) < 4.78 is 1.13. The van der Waals surface area contributed by atoms with Crippen LogP contribution < -0.4 is 0 Å². The normalized spacial score (nSPS) is 10.6. The smallest absolute Gasteiger partial charge is 0.0346 e. The number of pyridine rings is 1. The molecule has 0 radical (unpaired) electrons. The molecule has 2 heteroatoms. The molecule has 0 bridgehead atoms.